The minimum absolute atomic E-state index is 0.0495. The van der Waals surface area contributed by atoms with Crippen molar-refractivity contribution >= 4 is 5.91 Å². The average Bonchev–Trinajstić information content (AvgIpc) is 3.25. The number of amides is 1. The van der Waals surface area contributed by atoms with E-state index in [1.165, 1.54) is 5.56 Å². The predicted octanol–water partition coefficient (Wildman–Crippen LogP) is 3.50. The second-order valence-corrected chi connectivity index (χ2v) is 6.33. The van der Waals surface area contributed by atoms with Crippen molar-refractivity contribution in [3.63, 3.8) is 0 Å². The van der Waals surface area contributed by atoms with Crippen LogP contribution < -0.4 is 5.32 Å². The van der Waals surface area contributed by atoms with Crippen LogP contribution >= 0.6 is 0 Å². The second-order valence-electron chi connectivity index (χ2n) is 6.33. The highest BCUT2D eigenvalue weighted by Gasteiger charge is 2.17. The molecule has 7 nitrogen and oxygen atoms in total. The van der Waals surface area contributed by atoms with E-state index in [0.717, 1.165) is 12.1 Å². The van der Waals surface area contributed by atoms with E-state index in [1.807, 2.05) is 58.6 Å². The first-order chi connectivity index (χ1) is 12.4. The molecule has 0 spiro atoms. The molecular weight excluding hydrogens is 330 g/mol. The lowest BCUT2D eigenvalue weighted by Crippen LogP contribution is -2.36. The number of rotatable bonds is 8. The molecule has 0 saturated heterocycles. The van der Waals surface area contributed by atoms with Gasteiger partial charge in [-0.05, 0) is 45.7 Å². The van der Waals surface area contributed by atoms with Gasteiger partial charge in [0.1, 0.15) is 5.69 Å². The van der Waals surface area contributed by atoms with E-state index >= 15 is 0 Å². The molecule has 0 radical (unpaired) electrons. The summed E-state index contributed by atoms with van der Waals surface area (Å²) in [6, 6.07) is 1.68. The zero-order chi connectivity index (χ0) is 19.7. The van der Waals surface area contributed by atoms with Crippen LogP contribution in [-0.2, 0) is 17.7 Å². The molecule has 2 aromatic heterocycles. The third-order valence-corrected chi connectivity index (χ3v) is 3.68. The molecule has 0 bridgehead atoms. The van der Waals surface area contributed by atoms with Gasteiger partial charge in [-0.3, -0.25) is 14.6 Å². The lowest BCUT2D eigenvalue weighted by molar-refractivity contribution is 0.0154. The molecule has 146 valence electrons. The van der Waals surface area contributed by atoms with Crippen molar-refractivity contribution in [3.05, 3.63) is 35.4 Å². The number of H-pyrrole nitrogens is 1. The van der Waals surface area contributed by atoms with Gasteiger partial charge in [0.15, 0.2) is 0 Å². The van der Waals surface area contributed by atoms with E-state index in [-0.39, 0.29) is 24.2 Å². The van der Waals surface area contributed by atoms with E-state index in [9.17, 15) is 4.79 Å². The monoisotopic (exact) mass is 363 g/mol. The fraction of sp³-hybridized carbons (Fsp3) is 0.632. The molecule has 2 atom stereocenters. The number of carbonyl (C=O) groups excluding carboxylic acids is 1. The number of aryl methyl sites for hydroxylation is 1. The first-order valence-corrected chi connectivity index (χ1v) is 9.42. The maximum atomic E-state index is 12.3. The molecule has 0 fully saturated rings. The van der Waals surface area contributed by atoms with Crippen LogP contribution in [0.4, 0.5) is 0 Å². The third kappa shape index (κ3) is 6.63. The minimum atomic E-state index is -0.204. The van der Waals surface area contributed by atoms with Gasteiger partial charge in [0.05, 0.1) is 30.6 Å². The topological polar surface area (TPSA) is 84.8 Å². The first kappa shape index (κ1) is 21.9. The van der Waals surface area contributed by atoms with Crippen LogP contribution in [0.3, 0.4) is 0 Å². The van der Waals surface area contributed by atoms with Crippen molar-refractivity contribution in [2.24, 2.45) is 0 Å². The molecular formula is C19H33N5O2. The number of aromatic nitrogens is 4. The van der Waals surface area contributed by atoms with Gasteiger partial charge in [-0.2, -0.15) is 10.2 Å². The van der Waals surface area contributed by atoms with E-state index < -0.39 is 0 Å². The molecule has 0 aliphatic carbocycles. The molecule has 26 heavy (non-hydrogen) atoms. The normalized spacial score (nSPS) is 13.1. The van der Waals surface area contributed by atoms with Gasteiger partial charge in [0.2, 0.25) is 0 Å². The van der Waals surface area contributed by atoms with Crippen LogP contribution in [0.25, 0.3) is 0 Å². The number of carbonyl (C=O) groups is 1. The summed E-state index contributed by atoms with van der Waals surface area (Å²) < 4.78 is 7.53. The maximum Gasteiger partial charge on any atom is 0.272 e. The summed E-state index contributed by atoms with van der Waals surface area (Å²) in [7, 11) is 0. The molecule has 0 saturated carbocycles. The summed E-state index contributed by atoms with van der Waals surface area (Å²) >= 11 is 0. The summed E-state index contributed by atoms with van der Waals surface area (Å²) in [5.74, 6) is -0.204. The van der Waals surface area contributed by atoms with Crippen LogP contribution in [0.15, 0.2) is 18.5 Å². The molecule has 1 amide bonds. The van der Waals surface area contributed by atoms with Crippen molar-refractivity contribution in [2.75, 3.05) is 0 Å². The summed E-state index contributed by atoms with van der Waals surface area (Å²) in [5.41, 5.74) is 2.34. The fourth-order valence-corrected chi connectivity index (χ4v) is 2.46. The van der Waals surface area contributed by atoms with Crippen molar-refractivity contribution < 1.29 is 9.53 Å². The van der Waals surface area contributed by atoms with Crippen LogP contribution in [0, 0.1) is 0 Å². The third-order valence-electron chi connectivity index (χ3n) is 3.68. The fourth-order valence-electron chi connectivity index (χ4n) is 2.46. The smallest absolute Gasteiger partial charge is 0.272 e. The van der Waals surface area contributed by atoms with Gasteiger partial charge < -0.3 is 10.1 Å². The maximum absolute atomic E-state index is 12.3. The Morgan fingerprint density at radius 1 is 1.31 bits per heavy atom. The quantitative estimate of drug-likeness (QED) is 0.752. The SMILES string of the molecule is CC.CCc1cnn(CC(C)NC(=O)c2cc(C(C)OC(C)C)[nH]n2)c1. The van der Waals surface area contributed by atoms with E-state index in [4.69, 9.17) is 4.74 Å². The lowest BCUT2D eigenvalue weighted by atomic mass is 10.2. The van der Waals surface area contributed by atoms with Crippen LogP contribution in [0.1, 0.15) is 76.3 Å². The van der Waals surface area contributed by atoms with Crippen LogP contribution in [0.2, 0.25) is 0 Å². The van der Waals surface area contributed by atoms with Gasteiger partial charge in [0, 0.05) is 12.2 Å². The molecule has 0 aromatic carbocycles. The van der Waals surface area contributed by atoms with Crippen molar-refractivity contribution in [1.29, 1.82) is 0 Å². The Bertz CT molecular complexity index is 662. The molecule has 2 heterocycles. The number of aromatic amines is 1. The lowest BCUT2D eigenvalue weighted by Gasteiger charge is -2.14. The van der Waals surface area contributed by atoms with E-state index in [1.54, 1.807) is 6.07 Å². The number of hydrogen-bond acceptors (Lipinski definition) is 4. The van der Waals surface area contributed by atoms with E-state index in [2.05, 4.69) is 27.5 Å². The van der Waals surface area contributed by atoms with Crippen molar-refractivity contribution in [1.82, 2.24) is 25.3 Å². The molecule has 0 aliphatic rings. The average molecular weight is 364 g/mol. The standard InChI is InChI=1S/C17H27N5O2.C2H6/c1-6-14-8-18-22(10-14)9-12(4)19-17(23)16-7-15(20-21-16)13(5)24-11(2)3;1-2/h7-8,10-13H,6,9H2,1-5H3,(H,19,23)(H,20,21);1-2H3. The van der Waals surface area contributed by atoms with Gasteiger partial charge in [0.25, 0.3) is 5.91 Å². The van der Waals surface area contributed by atoms with E-state index in [0.29, 0.717) is 12.2 Å². The van der Waals surface area contributed by atoms with Crippen molar-refractivity contribution in [2.45, 2.75) is 79.7 Å². The van der Waals surface area contributed by atoms with Crippen molar-refractivity contribution in [3.8, 4) is 0 Å². The zero-order valence-electron chi connectivity index (χ0n) is 17.0. The number of ether oxygens (including phenoxy) is 1. The van der Waals surface area contributed by atoms with Gasteiger partial charge in [-0.1, -0.05) is 20.8 Å². The molecule has 2 unspecified atom stereocenters. The number of nitrogens with one attached hydrogen (secondary N) is 2. The molecule has 2 aromatic rings. The van der Waals surface area contributed by atoms with Gasteiger partial charge >= 0.3 is 0 Å². The Morgan fingerprint density at radius 2 is 2.00 bits per heavy atom. The highest BCUT2D eigenvalue weighted by molar-refractivity contribution is 5.92. The Kier molecular flexibility index (Phi) is 9.05. The Labute approximate surface area is 156 Å². The first-order valence-electron chi connectivity index (χ1n) is 9.42. The second kappa shape index (κ2) is 10.8. The molecule has 2 N–H and O–H groups in total. The summed E-state index contributed by atoms with van der Waals surface area (Å²) in [6.45, 7) is 14.5. The molecule has 2 rings (SSSR count). The highest BCUT2D eigenvalue weighted by Crippen LogP contribution is 2.17. The Hall–Kier alpha value is -2.15. The number of hydrogen-bond donors (Lipinski definition) is 2. The highest BCUT2D eigenvalue weighted by atomic mass is 16.5. The molecule has 7 heteroatoms. The summed E-state index contributed by atoms with van der Waals surface area (Å²) in [6.07, 6.45) is 4.79. The van der Waals surface area contributed by atoms with Crippen LogP contribution in [-0.4, -0.2) is 38.0 Å². The van der Waals surface area contributed by atoms with Crippen LogP contribution in [0.5, 0.6) is 0 Å². The Balaban J connectivity index is 0.00000163. The van der Waals surface area contributed by atoms with Gasteiger partial charge in [-0.15, -0.1) is 0 Å². The molecule has 0 aliphatic heterocycles. The zero-order valence-corrected chi connectivity index (χ0v) is 17.0. The largest absolute Gasteiger partial charge is 0.370 e. The van der Waals surface area contributed by atoms with Gasteiger partial charge in [-0.25, -0.2) is 0 Å². The minimum Gasteiger partial charge on any atom is -0.370 e. The summed E-state index contributed by atoms with van der Waals surface area (Å²) in [4.78, 5) is 12.3. The summed E-state index contributed by atoms with van der Waals surface area (Å²) in [5, 5.41) is 14.2. The predicted molar refractivity (Wildman–Crippen MR) is 103 cm³/mol. The number of nitrogens with zero attached hydrogens (tertiary/aromatic N) is 3. The Morgan fingerprint density at radius 3 is 2.58 bits per heavy atom.